The Morgan fingerprint density at radius 1 is 1.42 bits per heavy atom. The molecule has 1 aliphatic rings. The molecular formula is C14H22N2O3. The van der Waals surface area contributed by atoms with E-state index in [0.717, 1.165) is 32.1 Å². The molecule has 0 radical (unpaired) electrons. The summed E-state index contributed by atoms with van der Waals surface area (Å²) in [5.41, 5.74) is 0. The molecule has 5 heteroatoms. The van der Waals surface area contributed by atoms with E-state index in [2.05, 4.69) is 10.2 Å². The van der Waals surface area contributed by atoms with E-state index in [1.54, 1.807) is 6.26 Å². The highest BCUT2D eigenvalue weighted by molar-refractivity contribution is 5.77. The van der Waals surface area contributed by atoms with Crippen LogP contribution in [0, 0.1) is 5.92 Å². The lowest BCUT2D eigenvalue weighted by molar-refractivity contribution is -0.124. The van der Waals surface area contributed by atoms with Crippen LogP contribution in [0.3, 0.4) is 0 Å². The van der Waals surface area contributed by atoms with Gasteiger partial charge >= 0.3 is 0 Å². The van der Waals surface area contributed by atoms with Gasteiger partial charge in [-0.1, -0.05) is 13.8 Å². The van der Waals surface area contributed by atoms with Crippen LogP contribution < -0.4 is 5.32 Å². The molecule has 1 aliphatic heterocycles. The van der Waals surface area contributed by atoms with Crippen LogP contribution in [0.5, 0.6) is 0 Å². The molecule has 1 fully saturated rings. The number of amides is 1. The molecule has 0 saturated carbocycles. The van der Waals surface area contributed by atoms with Gasteiger partial charge in [0.2, 0.25) is 5.91 Å². The van der Waals surface area contributed by atoms with Crippen molar-refractivity contribution in [2.75, 3.05) is 32.8 Å². The van der Waals surface area contributed by atoms with Gasteiger partial charge < -0.3 is 14.5 Å². The number of hydrogen-bond donors (Lipinski definition) is 1. The zero-order valence-corrected chi connectivity index (χ0v) is 11.6. The predicted octanol–water partition coefficient (Wildman–Crippen LogP) is 1.43. The van der Waals surface area contributed by atoms with E-state index < -0.39 is 0 Å². The van der Waals surface area contributed by atoms with Crippen LogP contribution in [0.25, 0.3) is 0 Å². The molecule has 106 valence electrons. The minimum Gasteiger partial charge on any atom is -0.468 e. The Hall–Kier alpha value is -1.33. The molecular weight excluding hydrogens is 244 g/mol. The molecule has 1 aromatic heterocycles. The van der Waals surface area contributed by atoms with Gasteiger partial charge in [-0.25, -0.2) is 0 Å². The number of furan rings is 1. The second-order valence-electron chi connectivity index (χ2n) is 5.08. The predicted molar refractivity (Wildman–Crippen MR) is 71.7 cm³/mol. The van der Waals surface area contributed by atoms with Crippen LogP contribution in [-0.2, 0) is 9.53 Å². The Morgan fingerprint density at radius 2 is 2.16 bits per heavy atom. The van der Waals surface area contributed by atoms with Gasteiger partial charge in [0.15, 0.2) is 0 Å². The van der Waals surface area contributed by atoms with Crippen molar-refractivity contribution in [3.8, 4) is 0 Å². The molecule has 1 aromatic rings. The lowest BCUT2D eigenvalue weighted by atomic mass is 10.1. The molecule has 1 saturated heterocycles. The summed E-state index contributed by atoms with van der Waals surface area (Å²) in [7, 11) is 0. The van der Waals surface area contributed by atoms with E-state index >= 15 is 0 Å². The third kappa shape index (κ3) is 3.81. The van der Waals surface area contributed by atoms with Gasteiger partial charge in [-0.15, -0.1) is 0 Å². The van der Waals surface area contributed by atoms with Gasteiger partial charge in [0.05, 0.1) is 25.5 Å². The van der Waals surface area contributed by atoms with E-state index in [9.17, 15) is 4.79 Å². The number of hydrogen-bond acceptors (Lipinski definition) is 4. The average molecular weight is 266 g/mol. The zero-order chi connectivity index (χ0) is 13.7. The van der Waals surface area contributed by atoms with Crippen LogP contribution in [-0.4, -0.2) is 43.7 Å². The van der Waals surface area contributed by atoms with Crippen molar-refractivity contribution in [2.24, 2.45) is 5.92 Å². The van der Waals surface area contributed by atoms with Gasteiger partial charge in [-0.2, -0.15) is 0 Å². The van der Waals surface area contributed by atoms with Crippen LogP contribution in [0.1, 0.15) is 25.6 Å². The van der Waals surface area contributed by atoms with Gasteiger partial charge in [0.25, 0.3) is 0 Å². The highest BCUT2D eigenvalue weighted by Gasteiger charge is 2.25. The highest BCUT2D eigenvalue weighted by Crippen LogP contribution is 2.21. The maximum absolute atomic E-state index is 11.7. The molecule has 1 amide bonds. The van der Waals surface area contributed by atoms with E-state index in [1.807, 2.05) is 26.0 Å². The molecule has 0 unspecified atom stereocenters. The van der Waals surface area contributed by atoms with Crippen molar-refractivity contribution in [1.82, 2.24) is 10.2 Å². The molecule has 1 N–H and O–H groups in total. The number of morpholine rings is 1. The number of carbonyl (C=O) groups excluding carboxylic acids is 1. The monoisotopic (exact) mass is 266 g/mol. The molecule has 5 nitrogen and oxygen atoms in total. The van der Waals surface area contributed by atoms with Crippen molar-refractivity contribution in [1.29, 1.82) is 0 Å². The van der Waals surface area contributed by atoms with Crippen molar-refractivity contribution < 1.29 is 13.9 Å². The van der Waals surface area contributed by atoms with Crippen LogP contribution in [0.4, 0.5) is 0 Å². The summed E-state index contributed by atoms with van der Waals surface area (Å²) in [6.45, 7) is 7.55. The minimum absolute atomic E-state index is 0.00180. The number of nitrogens with one attached hydrogen (secondary N) is 1. The molecule has 19 heavy (non-hydrogen) atoms. The second-order valence-corrected chi connectivity index (χ2v) is 5.08. The fourth-order valence-corrected chi connectivity index (χ4v) is 2.18. The first kappa shape index (κ1) is 14.1. The fourth-order valence-electron chi connectivity index (χ4n) is 2.18. The molecule has 0 spiro atoms. The largest absolute Gasteiger partial charge is 0.468 e. The van der Waals surface area contributed by atoms with Crippen LogP contribution >= 0.6 is 0 Å². The van der Waals surface area contributed by atoms with Crippen LogP contribution in [0.2, 0.25) is 0 Å². The maximum atomic E-state index is 11.7. The Labute approximate surface area is 113 Å². The highest BCUT2D eigenvalue weighted by atomic mass is 16.5. The summed E-state index contributed by atoms with van der Waals surface area (Å²) >= 11 is 0. The SMILES string of the molecule is CC(C)C(=O)NC[C@@H](c1ccco1)N1CCOCC1. The normalized spacial score (nSPS) is 18.5. The molecule has 2 rings (SSSR count). The fraction of sp³-hybridized carbons (Fsp3) is 0.643. The van der Waals surface area contributed by atoms with Crippen molar-refractivity contribution in [2.45, 2.75) is 19.9 Å². The quantitative estimate of drug-likeness (QED) is 0.876. The topological polar surface area (TPSA) is 54.7 Å². The summed E-state index contributed by atoms with van der Waals surface area (Å²) in [5.74, 6) is 0.970. The number of nitrogens with zero attached hydrogens (tertiary/aromatic N) is 1. The van der Waals surface area contributed by atoms with E-state index in [4.69, 9.17) is 9.15 Å². The summed E-state index contributed by atoms with van der Waals surface area (Å²) in [4.78, 5) is 14.0. The molecule has 0 aromatic carbocycles. The zero-order valence-electron chi connectivity index (χ0n) is 11.6. The van der Waals surface area contributed by atoms with Crippen molar-refractivity contribution in [3.05, 3.63) is 24.2 Å². The lowest BCUT2D eigenvalue weighted by Crippen LogP contribution is -2.44. The van der Waals surface area contributed by atoms with Gasteiger partial charge in [0.1, 0.15) is 5.76 Å². The first-order valence-electron chi connectivity index (χ1n) is 6.81. The van der Waals surface area contributed by atoms with Gasteiger partial charge in [-0.3, -0.25) is 9.69 Å². The number of ether oxygens (including phenoxy) is 1. The summed E-state index contributed by atoms with van der Waals surface area (Å²) < 4.78 is 10.9. The molecule has 1 atom stereocenters. The molecule has 0 bridgehead atoms. The van der Waals surface area contributed by atoms with Crippen molar-refractivity contribution in [3.63, 3.8) is 0 Å². The van der Waals surface area contributed by atoms with Crippen molar-refractivity contribution >= 4 is 5.91 Å². The Balaban J connectivity index is 2.00. The average Bonchev–Trinajstić information content (AvgIpc) is 2.94. The van der Waals surface area contributed by atoms with E-state index in [1.165, 1.54) is 0 Å². The summed E-state index contributed by atoms with van der Waals surface area (Å²) in [6, 6.07) is 3.93. The number of rotatable bonds is 5. The maximum Gasteiger partial charge on any atom is 0.222 e. The standard InChI is InChI=1S/C14H22N2O3/c1-11(2)14(17)15-10-12(13-4-3-7-19-13)16-5-8-18-9-6-16/h3-4,7,11-12H,5-6,8-10H2,1-2H3,(H,15,17)/t12-/m0/s1. The third-order valence-electron chi connectivity index (χ3n) is 3.35. The minimum atomic E-state index is 0.00180. The summed E-state index contributed by atoms with van der Waals surface area (Å²) in [6.07, 6.45) is 1.67. The van der Waals surface area contributed by atoms with E-state index in [0.29, 0.717) is 6.54 Å². The Bertz CT molecular complexity index is 383. The van der Waals surface area contributed by atoms with E-state index in [-0.39, 0.29) is 17.9 Å². The second kappa shape index (κ2) is 6.73. The van der Waals surface area contributed by atoms with Gasteiger partial charge in [-0.05, 0) is 12.1 Å². The number of carbonyl (C=O) groups is 1. The summed E-state index contributed by atoms with van der Waals surface area (Å²) in [5, 5.41) is 2.99. The lowest BCUT2D eigenvalue weighted by Gasteiger charge is -2.33. The first-order chi connectivity index (χ1) is 9.18. The Kier molecular flexibility index (Phi) is 4.99. The van der Waals surface area contributed by atoms with Gasteiger partial charge in [0, 0.05) is 25.6 Å². The molecule has 2 heterocycles. The molecule has 0 aliphatic carbocycles. The third-order valence-corrected chi connectivity index (χ3v) is 3.35. The first-order valence-corrected chi connectivity index (χ1v) is 6.81. The van der Waals surface area contributed by atoms with Crippen LogP contribution in [0.15, 0.2) is 22.8 Å². The Morgan fingerprint density at radius 3 is 2.74 bits per heavy atom. The smallest absolute Gasteiger partial charge is 0.222 e.